The van der Waals surface area contributed by atoms with Crippen molar-refractivity contribution in [2.24, 2.45) is 0 Å². The lowest BCUT2D eigenvalue weighted by Crippen LogP contribution is -2.47. The monoisotopic (exact) mass is 399 g/mol. The molecule has 2 fully saturated rings. The zero-order valence-electron chi connectivity index (χ0n) is 16.5. The fourth-order valence-corrected chi connectivity index (χ4v) is 4.72. The first-order valence-electron chi connectivity index (χ1n) is 10.4. The van der Waals surface area contributed by atoms with E-state index in [0.29, 0.717) is 12.6 Å². The summed E-state index contributed by atoms with van der Waals surface area (Å²) in [5.74, 6) is 0. The molecule has 4 rings (SSSR count). The molecule has 1 atom stereocenters. The maximum Gasteiger partial charge on any atom is 0.253 e. The maximum atomic E-state index is 12.8. The first-order chi connectivity index (χ1) is 13.6. The van der Waals surface area contributed by atoms with Crippen molar-refractivity contribution in [3.63, 3.8) is 0 Å². The first-order valence-corrected chi connectivity index (χ1v) is 10.8. The minimum Gasteiger partial charge on any atom is -0.376 e. The molecule has 1 saturated carbocycles. The number of thiocarbonyl (C=S) groups is 1. The predicted octanol–water partition coefficient (Wildman–Crippen LogP) is 3.63. The molecule has 0 bridgehead atoms. The molecule has 0 radical (unpaired) electrons. The van der Waals surface area contributed by atoms with Crippen LogP contribution < -0.4 is 10.9 Å². The van der Waals surface area contributed by atoms with Crippen LogP contribution in [0.5, 0.6) is 0 Å². The number of H-pyrrole nitrogens is 1. The zero-order valence-corrected chi connectivity index (χ0v) is 17.3. The average molecular weight is 400 g/mol. The molecule has 28 heavy (non-hydrogen) atoms. The van der Waals surface area contributed by atoms with E-state index >= 15 is 0 Å². The van der Waals surface area contributed by atoms with Crippen LogP contribution in [0.15, 0.2) is 29.1 Å². The molecule has 1 aliphatic carbocycles. The molecule has 5 nitrogen and oxygen atoms in total. The van der Waals surface area contributed by atoms with Crippen LogP contribution >= 0.6 is 12.2 Å². The van der Waals surface area contributed by atoms with Crippen LogP contribution in [0.25, 0.3) is 10.9 Å². The molecule has 2 N–H and O–H groups in total. The fraction of sp³-hybridized carbons (Fsp3) is 0.545. The summed E-state index contributed by atoms with van der Waals surface area (Å²) in [5, 5.41) is 5.22. The van der Waals surface area contributed by atoms with Gasteiger partial charge in [-0.15, -0.1) is 0 Å². The highest BCUT2D eigenvalue weighted by atomic mass is 32.1. The van der Waals surface area contributed by atoms with Crippen LogP contribution in [0, 0.1) is 6.92 Å². The number of pyridine rings is 1. The number of benzene rings is 1. The van der Waals surface area contributed by atoms with Crippen molar-refractivity contribution >= 4 is 28.2 Å². The van der Waals surface area contributed by atoms with Gasteiger partial charge in [-0.3, -0.25) is 4.79 Å². The van der Waals surface area contributed by atoms with E-state index in [1.54, 1.807) is 0 Å². The molecule has 0 spiro atoms. The zero-order chi connectivity index (χ0) is 19.5. The van der Waals surface area contributed by atoms with E-state index in [4.69, 9.17) is 17.0 Å². The third-order valence-electron chi connectivity index (χ3n) is 6.04. The number of ether oxygens (including phenoxy) is 1. The number of para-hydroxylation sites is 1. The number of hydrogen-bond acceptors (Lipinski definition) is 3. The van der Waals surface area contributed by atoms with Gasteiger partial charge in [0.05, 0.1) is 18.2 Å². The summed E-state index contributed by atoms with van der Waals surface area (Å²) >= 11 is 5.75. The van der Waals surface area contributed by atoms with Gasteiger partial charge in [0.1, 0.15) is 0 Å². The van der Waals surface area contributed by atoms with Gasteiger partial charge in [0, 0.05) is 24.8 Å². The van der Waals surface area contributed by atoms with E-state index in [9.17, 15) is 4.79 Å². The second-order valence-corrected chi connectivity index (χ2v) is 8.44. The lowest BCUT2D eigenvalue weighted by molar-refractivity contribution is 0.113. The fourth-order valence-electron chi connectivity index (χ4n) is 4.42. The predicted molar refractivity (Wildman–Crippen MR) is 117 cm³/mol. The van der Waals surface area contributed by atoms with Crippen molar-refractivity contribution in [1.29, 1.82) is 0 Å². The second-order valence-electron chi connectivity index (χ2n) is 8.05. The number of rotatable bonds is 5. The smallest absolute Gasteiger partial charge is 0.253 e. The van der Waals surface area contributed by atoms with Crippen molar-refractivity contribution < 1.29 is 4.74 Å². The molecular weight excluding hydrogens is 370 g/mol. The standard InChI is InChI=1S/C22H29N3O2S/c1-15-6-4-7-16-12-17(21(26)24-20(15)16)14-25(18-8-2-3-9-18)22(28)23-13-19-10-5-11-27-19/h4,6-7,12,18-19H,2-3,5,8-11,13-14H2,1H3,(H,23,28)(H,24,26). The van der Waals surface area contributed by atoms with E-state index in [1.807, 2.05) is 25.1 Å². The Bertz CT molecular complexity index is 898. The number of nitrogens with zero attached hydrogens (tertiary/aromatic N) is 1. The normalized spacial score (nSPS) is 20.0. The molecule has 1 aromatic carbocycles. The Morgan fingerprint density at radius 2 is 2.11 bits per heavy atom. The maximum absolute atomic E-state index is 12.8. The quantitative estimate of drug-likeness (QED) is 0.752. The molecule has 1 aromatic heterocycles. The number of fused-ring (bicyclic) bond motifs is 1. The highest BCUT2D eigenvalue weighted by Crippen LogP contribution is 2.25. The number of aryl methyl sites for hydroxylation is 1. The largest absolute Gasteiger partial charge is 0.376 e. The van der Waals surface area contributed by atoms with Gasteiger partial charge in [0.25, 0.3) is 5.56 Å². The number of hydrogen-bond donors (Lipinski definition) is 2. The highest BCUT2D eigenvalue weighted by molar-refractivity contribution is 7.80. The lowest BCUT2D eigenvalue weighted by atomic mass is 10.1. The third kappa shape index (κ3) is 4.23. The molecule has 0 amide bonds. The van der Waals surface area contributed by atoms with Crippen LogP contribution in [-0.4, -0.2) is 40.3 Å². The van der Waals surface area contributed by atoms with Gasteiger partial charge >= 0.3 is 0 Å². The lowest BCUT2D eigenvalue weighted by Gasteiger charge is -2.32. The van der Waals surface area contributed by atoms with Crippen LogP contribution in [-0.2, 0) is 11.3 Å². The summed E-state index contributed by atoms with van der Waals surface area (Å²) in [5.41, 5.74) is 2.75. The summed E-state index contributed by atoms with van der Waals surface area (Å²) in [4.78, 5) is 18.1. The Kier molecular flexibility index (Phi) is 5.97. The van der Waals surface area contributed by atoms with Crippen LogP contribution in [0.3, 0.4) is 0 Å². The van der Waals surface area contributed by atoms with Crippen molar-refractivity contribution in [2.75, 3.05) is 13.2 Å². The van der Waals surface area contributed by atoms with E-state index in [1.165, 1.54) is 12.8 Å². The Labute approximate surface area is 171 Å². The van der Waals surface area contributed by atoms with Gasteiger partial charge < -0.3 is 19.9 Å². The minimum absolute atomic E-state index is 0.0216. The topological polar surface area (TPSA) is 57.4 Å². The summed E-state index contributed by atoms with van der Waals surface area (Å²) < 4.78 is 5.71. The van der Waals surface area contributed by atoms with E-state index in [0.717, 1.165) is 66.0 Å². The average Bonchev–Trinajstić information content (AvgIpc) is 3.39. The Balaban J connectivity index is 1.55. The number of aromatic nitrogens is 1. The molecule has 2 aliphatic rings. The molecule has 150 valence electrons. The minimum atomic E-state index is -0.0216. The highest BCUT2D eigenvalue weighted by Gasteiger charge is 2.26. The molecule has 1 unspecified atom stereocenters. The molecule has 6 heteroatoms. The summed E-state index contributed by atoms with van der Waals surface area (Å²) in [6.07, 6.45) is 7.17. The van der Waals surface area contributed by atoms with Crippen LogP contribution in [0.4, 0.5) is 0 Å². The Hall–Kier alpha value is -1.92. The van der Waals surface area contributed by atoms with Crippen molar-refractivity contribution in [2.45, 2.75) is 64.1 Å². The molecular formula is C22H29N3O2S. The summed E-state index contributed by atoms with van der Waals surface area (Å²) in [6, 6.07) is 8.52. The van der Waals surface area contributed by atoms with Crippen molar-refractivity contribution in [1.82, 2.24) is 15.2 Å². The molecule has 1 saturated heterocycles. The van der Waals surface area contributed by atoms with Crippen LogP contribution in [0.2, 0.25) is 0 Å². The van der Waals surface area contributed by atoms with E-state index < -0.39 is 0 Å². The van der Waals surface area contributed by atoms with Gasteiger partial charge in [-0.05, 0) is 61.8 Å². The molecule has 1 aliphatic heterocycles. The van der Waals surface area contributed by atoms with E-state index in [2.05, 4.69) is 21.3 Å². The van der Waals surface area contributed by atoms with Crippen LogP contribution in [0.1, 0.15) is 49.7 Å². The van der Waals surface area contributed by atoms with Crippen molar-refractivity contribution in [3.05, 3.63) is 45.7 Å². The van der Waals surface area contributed by atoms with Gasteiger partial charge in [0.2, 0.25) is 0 Å². The summed E-state index contributed by atoms with van der Waals surface area (Å²) in [7, 11) is 0. The van der Waals surface area contributed by atoms with Gasteiger partial charge in [-0.1, -0.05) is 31.0 Å². The van der Waals surface area contributed by atoms with E-state index in [-0.39, 0.29) is 11.7 Å². The third-order valence-corrected chi connectivity index (χ3v) is 6.42. The van der Waals surface area contributed by atoms with Gasteiger partial charge in [-0.25, -0.2) is 0 Å². The Morgan fingerprint density at radius 3 is 2.86 bits per heavy atom. The SMILES string of the molecule is Cc1cccc2cc(CN(C(=S)NCC3CCCO3)C3CCCC3)c(=O)[nH]c12. The molecule has 2 aromatic rings. The second kappa shape index (κ2) is 8.62. The van der Waals surface area contributed by atoms with Gasteiger partial charge in [-0.2, -0.15) is 0 Å². The summed E-state index contributed by atoms with van der Waals surface area (Å²) in [6.45, 7) is 4.15. The number of nitrogens with one attached hydrogen (secondary N) is 2. The molecule has 2 heterocycles. The number of aromatic amines is 1. The van der Waals surface area contributed by atoms with Crippen molar-refractivity contribution in [3.8, 4) is 0 Å². The Morgan fingerprint density at radius 1 is 1.29 bits per heavy atom. The van der Waals surface area contributed by atoms with Gasteiger partial charge in [0.15, 0.2) is 5.11 Å². The first kappa shape index (κ1) is 19.4.